The summed E-state index contributed by atoms with van der Waals surface area (Å²) in [6.07, 6.45) is 1.08. The minimum atomic E-state index is 0.0769. The first-order valence-electron chi connectivity index (χ1n) is 5.56. The minimum absolute atomic E-state index is 0.0769. The molecular weight excluding hydrogens is 206 g/mol. The van der Waals surface area contributed by atoms with Crippen molar-refractivity contribution < 1.29 is 0 Å². The van der Waals surface area contributed by atoms with Crippen molar-refractivity contribution in [3.8, 4) is 0 Å². The molecule has 0 aromatic carbocycles. The number of rotatable bonds is 2. The molecule has 2 N–H and O–H groups in total. The normalized spacial score (nSPS) is 19.3. The van der Waals surface area contributed by atoms with Crippen LogP contribution in [0.2, 0.25) is 0 Å². The molecular formula is C11H19N3S. The summed E-state index contributed by atoms with van der Waals surface area (Å²) in [5, 5.41) is 1.09. The lowest BCUT2D eigenvalue weighted by Gasteiger charge is -2.29. The van der Waals surface area contributed by atoms with Crippen LogP contribution >= 0.6 is 11.3 Å². The standard InChI is InChI=1S/C11H19N3S/c1-7(2)14-5-4-9-10(6-14)15-11(13-9)8(3)12/h7-8H,4-6,12H2,1-3H3. The Morgan fingerprint density at radius 3 is 2.73 bits per heavy atom. The molecule has 1 aliphatic heterocycles. The molecule has 0 radical (unpaired) electrons. The van der Waals surface area contributed by atoms with Crippen molar-refractivity contribution in [1.82, 2.24) is 9.88 Å². The smallest absolute Gasteiger partial charge is 0.110 e. The predicted octanol–water partition coefficient (Wildman–Crippen LogP) is 1.93. The number of hydrogen-bond donors (Lipinski definition) is 1. The summed E-state index contributed by atoms with van der Waals surface area (Å²) in [6, 6.07) is 0.701. The summed E-state index contributed by atoms with van der Waals surface area (Å²) in [6.45, 7) is 8.69. The molecule has 1 aromatic heterocycles. The van der Waals surface area contributed by atoms with E-state index in [4.69, 9.17) is 5.73 Å². The molecule has 0 spiro atoms. The van der Waals surface area contributed by atoms with Gasteiger partial charge >= 0.3 is 0 Å². The highest BCUT2D eigenvalue weighted by Gasteiger charge is 2.22. The van der Waals surface area contributed by atoms with Gasteiger partial charge in [0.05, 0.1) is 11.7 Å². The fraction of sp³-hybridized carbons (Fsp3) is 0.727. The van der Waals surface area contributed by atoms with Crippen molar-refractivity contribution >= 4 is 11.3 Å². The van der Waals surface area contributed by atoms with Gasteiger partial charge in [0, 0.05) is 30.4 Å². The molecule has 1 aliphatic rings. The molecule has 0 saturated carbocycles. The predicted molar refractivity (Wildman–Crippen MR) is 64.0 cm³/mol. The van der Waals surface area contributed by atoms with Gasteiger partial charge in [-0.25, -0.2) is 4.98 Å². The number of hydrogen-bond acceptors (Lipinski definition) is 4. The van der Waals surface area contributed by atoms with Crippen LogP contribution in [0.25, 0.3) is 0 Å². The van der Waals surface area contributed by atoms with E-state index < -0.39 is 0 Å². The number of thiazole rings is 1. The van der Waals surface area contributed by atoms with Gasteiger partial charge in [-0.05, 0) is 20.8 Å². The van der Waals surface area contributed by atoms with Crippen LogP contribution in [-0.2, 0) is 13.0 Å². The second-order valence-corrected chi connectivity index (χ2v) is 5.64. The molecule has 2 heterocycles. The van der Waals surface area contributed by atoms with Crippen molar-refractivity contribution in [3.63, 3.8) is 0 Å². The molecule has 2 rings (SSSR count). The lowest BCUT2D eigenvalue weighted by molar-refractivity contribution is 0.205. The lowest BCUT2D eigenvalue weighted by Crippen LogP contribution is -2.35. The molecule has 0 fully saturated rings. The zero-order chi connectivity index (χ0) is 11.0. The topological polar surface area (TPSA) is 42.1 Å². The first-order valence-corrected chi connectivity index (χ1v) is 6.37. The number of aromatic nitrogens is 1. The molecule has 15 heavy (non-hydrogen) atoms. The average molecular weight is 225 g/mol. The first kappa shape index (κ1) is 11.0. The number of nitrogens with two attached hydrogens (primary N) is 1. The Morgan fingerprint density at radius 2 is 2.13 bits per heavy atom. The highest BCUT2D eigenvalue weighted by Crippen LogP contribution is 2.28. The van der Waals surface area contributed by atoms with E-state index in [9.17, 15) is 0 Å². The van der Waals surface area contributed by atoms with Crippen molar-refractivity contribution in [2.75, 3.05) is 6.54 Å². The van der Waals surface area contributed by atoms with Crippen molar-refractivity contribution in [3.05, 3.63) is 15.6 Å². The third kappa shape index (κ3) is 2.22. The molecule has 0 bridgehead atoms. The maximum Gasteiger partial charge on any atom is 0.110 e. The Hall–Kier alpha value is -0.450. The molecule has 0 aliphatic carbocycles. The minimum Gasteiger partial charge on any atom is -0.322 e. The summed E-state index contributed by atoms with van der Waals surface area (Å²) >= 11 is 1.79. The molecule has 1 atom stereocenters. The van der Waals surface area contributed by atoms with Crippen LogP contribution in [0.5, 0.6) is 0 Å². The van der Waals surface area contributed by atoms with Crippen molar-refractivity contribution in [2.24, 2.45) is 5.73 Å². The quantitative estimate of drug-likeness (QED) is 0.836. The van der Waals surface area contributed by atoms with Gasteiger partial charge in [0.1, 0.15) is 5.01 Å². The van der Waals surface area contributed by atoms with Crippen molar-refractivity contribution in [2.45, 2.75) is 45.8 Å². The Kier molecular flexibility index (Phi) is 3.09. The molecule has 3 nitrogen and oxygen atoms in total. The Morgan fingerprint density at radius 1 is 1.40 bits per heavy atom. The average Bonchev–Trinajstić information content (AvgIpc) is 2.59. The fourth-order valence-electron chi connectivity index (χ4n) is 1.87. The molecule has 1 aromatic rings. The van der Waals surface area contributed by atoms with Crippen LogP contribution in [-0.4, -0.2) is 22.5 Å². The van der Waals surface area contributed by atoms with Crippen LogP contribution in [0.1, 0.15) is 42.4 Å². The highest BCUT2D eigenvalue weighted by molar-refractivity contribution is 7.11. The highest BCUT2D eigenvalue weighted by atomic mass is 32.1. The summed E-state index contributed by atoms with van der Waals surface area (Å²) in [7, 11) is 0. The Balaban J connectivity index is 2.19. The second-order valence-electron chi connectivity index (χ2n) is 4.52. The molecule has 4 heteroatoms. The van der Waals surface area contributed by atoms with Gasteiger partial charge in [-0.3, -0.25) is 4.90 Å². The zero-order valence-electron chi connectivity index (χ0n) is 9.66. The Bertz CT molecular complexity index is 344. The first-order chi connectivity index (χ1) is 7.08. The van der Waals surface area contributed by atoms with E-state index >= 15 is 0 Å². The third-order valence-corrected chi connectivity index (χ3v) is 4.18. The SMILES string of the molecule is CC(N)c1nc2c(s1)CN(C(C)C)CC2. The van der Waals surface area contributed by atoms with Crippen LogP contribution < -0.4 is 5.73 Å². The molecule has 84 valence electrons. The van der Waals surface area contributed by atoms with Gasteiger partial charge < -0.3 is 5.73 Å². The Labute approximate surface area is 95.3 Å². The van der Waals surface area contributed by atoms with Gasteiger partial charge in [0.25, 0.3) is 0 Å². The van der Waals surface area contributed by atoms with Crippen LogP contribution in [0.15, 0.2) is 0 Å². The number of fused-ring (bicyclic) bond motifs is 1. The second kappa shape index (κ2) is 4.20. The maximum absolute atomic E-state index is 5.85. The van der Waals surface area contributed by atoms with Gasteiger partial charge in [0.2, 0.25) is 0 Å². The molecule has 0 saturated heterocycles. The van der Waals surface area contributed by atoms with Crippen LogP contribution in [0, 0.1) is 0 Å². The lowest BCUT2D eigenvalue weighted by atomic mass is 10.1. The monoisotopic (exact) mass is 225 g/mol. The van der Waals surface area contributed by atoms with E-state index in [1.165, 1.54) is 10.6 Å². The van der Waals surface area contributed by atoms with Gasteiger partial charge in [-0.2, -0.15) is 0 Å². The maximum atomic E-state index is 5.85. The fourth-order valence-corrected chi connectivity index (χ4v) is 2.96. The molecule has 1 unspecified atom stereocenters. The van der Waals surface area contributed by atoms with Gasteiger partial charge in [-0.15, -0.1) is 11.3 Å². The summed E-state index contributed by atoms with van der Waals surface area (Å²) in [4.78, 5) is 8.52. The third-order valence-electron chi connectivity index (χ3n) is 2.90. The molecule has 0 amide bonds. The van der Waals surface area contributed by atoms with E-state index in [2.05, 4.69) is 23.7 Å². The van der Waals surface area contributed by atoms with E-state index in [0.717, 1.165) is 24.5 Å². The summed E-state index contributed by atoms with van der Waals surface area (Å²) in [5.74, 6) is 0. The zero-order valence-corrected chi connectivity index (χ0v) is 10.5. The van der Waals surface area contributed by atoms with Crippen LogP contribution in [0.3, 0.4) is 0 Å². The van der Waals surface area contributed by atoms with E-state index in [-0.39, 0.29) is 6.04 Å². The van der Waals surface area contributed by atoms with Crippen molar-refractivity contribution in [1.29, 1.82) is 0 Å². The number of nitrogens with zero attached hydrogens (tertiary/aromatic N) is 2. The van der Waals surface area contributed by atoms with E-state index in [1.807, 2.05) is 6.92 Å². The van der Waals surface area contributed by atoms with Crippen LogP contribution in [0.4, 0.5) is 0 Å². The van der Waals surface area contributed by atoms with Gasteiger partial charge in [-0.1, -0.05) is 0 Å². The van der Waals surface area contributed by atoms with Gasteiger partial charge in [0.15, 0.2) is 0 Å². The summed E-state index contributed by atoms with van der Waals surface area (Å²) < 4.78 is 0. The van der Waals surface area contributed by atoms with E-state index in [1.54, 1.807) is 11.3 Å². The van der Waals surface area contributed by atoms with E-state index in [0.29, 0.717) is 6.04 Å². The largest absolute Gasteiger partial charge is 0.322 e. The summed E-state index contributed by atoms with van der Waals surface area (Å²) in [5.41, 5.74) is 7.14.